The Bertz CT molecular complexity index is 143. The van der Waals surface area contributed by atoms with Crippen molar-refractivity contribution in [2.24, 2.45) is 0 Å². The van der Waals surface area contributed by atoms with E-state index in [0.29, 0.717) is 0 Å². The van der Waals surface area contributed by atoms with Gasteiger partial charge in [0.25, 0.3) is 0 Å². The molecule has 0 radical (unpaired) electrons. The molecular formula is C12H23BrMgO2. The minimum Gasteiger partial charge on any atom is -1.00 e. The summed E-state index contributed by atoms with van der Waals surface area (Å²) in [5.74, 6) is -0.784. The van der Waals surface area contributed by atoms with Crippen LogP contribution in [0.3, 0.4) is 0 Å². The Labute approximate surface area is 126 Å². The van der Waals surface area contributed by atoms with Crippen LogP contribution in [-0.4, -0.2) is 34.1 Å². The molecule has 0 aliphatic carbocycles. The molecule has 0 heterocycles. The van der Waals surface area contributed by atoms with Crippen molar-refractivity contribution in [2.45, 2.75) is 64.7 Å². The Hall–Kier alpha value is 0.586. The van der Waals surface area contributed by atoms with Gasteiger partial charge in [-0.1, -0.05) is 58.3 Å². The molecule has 0 fully saturated rings. The number of unbranched alkanes of at least 4 members (excludes halogenated alkanes) is 8. The number of carbonyl (C=O) groups is 1. The summed E-state index contributed by atoms with van der Waals surface area (Å²) in [4.78, 5) is 10.2. The molecule has 0 spiro atoms. The van der Waals surface area contributed by atoms with Crippen molar-refractivity contribution in [3.05, 3.63) is 6.42 Å². The van der Waals surface area contributed by atoms with Crippen LogP contribution >= 0.6 is 0 Å². The second kappa shape index (κ2) is 18.0. The number of hydrogen-bond donors (Lipinski definition) is 1. The molecule has 0 unspecified atom stereocenters. The number of aliphatic carboxylic acids is 1. The molecule has 0 saturated heterocycles. The third kappa shape index (κ3) is 20.1. The largest absolute Gasteiger partial charge is 2.00 e. The zero-order valence-corrected chi connectivity index (χ0v) is 13.4. The van der Waals surface area contributed by atoms with E-state index < -0.39 is 5.97 Å². The van der Waals surface area contributed by atoms with Crippen molar-refractivity contribution in [3.8, 4) is 0 Å². The monoisotopic (exact) mass is 302 g/mol. The third-order valence-corrected chi connectivity index (χ3v) is 2.38. The van der Waals surface area contributed by atoms with E-state index in [0.717, 1.165) is 12.8 Å². The van der Waals surface area contributed by atoms with Crippen LogP contribution in [0.15, 0.2) is 0 Å². The first-order chi connectivity index (χ1) is 6.77. The van der Waals surface area contributed by atoms with Gasteiger partial charge in [-0.05, 0) is 0 Å². The molecule has 0 rings (SSSR count). The van der Waals surface area contributed by atoms with Crippen LogP contribution in [0.1, 0.15) is 64.7 Å². The molecule has 1 N–H and O–H groups in total. The van der Waals surface area contributed by atoms with E-state index in [1.807, 2.05) is 0 Å². The molecule has 0 bridgehead atoms. The zero-order valence-electron chi connectivity index (χ0n) is 10.4. The first kappa shape index (κ1) is 21.8. The Balaban J connectivity index is -0.000000845. The smallest absolute Gasteiger partial charge is 1.00 e. The molecule has 4 heteroatoms. The normalized spacial score (nSPS) is 8.81. The fourth-order valence-corrected chi connectivity index (χ4v) is 1.50. The summed E-state index contributed by atoms with van der Waals surface area (Å²) in [5, 5.41) is 8.36. The van der Waals surface area contributed by atoms with Crippen molar-refractivity contribution in [1.82, 2.24) is 0 Å². The van der Waals surface area contributed by atoms with Crippen LogP contribution in [0.2, 0.25) is 0 Å². The molecule has 2 nitrogen and oxygen atoms in total. The van der Waals surface area contributed by atoms with Crippen LogP contribution in [0, 0.1) is 6.42 Å². The average molecular weight is 304 g/mol. The number of halogens is 1. The summed E-state index contributed by atoms with van der Waals surface area (Å²) in [6, 6.07) is 0. The molecule has 0 aliphatic heterocycles. The quantitative estimate of drug-likeness (QED) is 0.361. The standard InChI is InChI=1S/C12H23O2.BrH.Mg/c1-2-3-4-5-6-7-8-9-10-11-12(13)14;;/h11H,2-10H2,1H3,(H,13,14);1H;/q-1;;+2/p-1. The maximum Gasteiger partial charge on any atom is 2.00 e. The summed E-state index contributed by atoms with van der Waals surface area (Å²) in [7, 11) is 0. The molecule has 92 valence electrons. The van der Waals surface area contributed by atoms with Gasteiger partial charge in [0.15, 0.2) is 5.97 Å². The van der Waals surface area contributed by atoms with Crippen molar-refractivity contribution in [2.75, 3.05) is 0 Å². The molecule has 0 saturated carbocycles. The summed E-state index contributed by atoms with van der Waals surface area (Å²) >= 11 is 0. The van der Waals surface area contributed by atoms with E-state index >= 15 is 0 Å². The van der Waals surface area contributed by atoms with Gasteiger partial charge in [-0.2, -0.15) is 6.42 Å². The molecular weight excluding hydrogens is 280 g/mol. The van der Waals surface area contributed by atoms with E-state index in [-0.39, 0.29) is 40.0 Å². The van der Waals surface area contributed by atoms with Gasteiger partial charge >= 0.3 is 23.1 Å². The predicted molar refractivity (Wildman–Crippen MR) is 64.9 cm³/mol. The Morgan fingerprint density at radius 1 is 1.00 bits per heavy atom. The van der Waals surface area contributed by atoms with E-state index in [9.17, 15) is 4.79 Å². The van der Waals surface area contributed by atoms with Gasteiger partial charge in [-0.3, -0.25) is 11.2 Å². The van der Waals surface area contributed by atoms with Crippen molar-refractivity contribution in [3.63, 3.8) is 0 Å². The van der Waals surface area contributed by atoms with E-state index in [2.05, 4.69) is 6.92 Å². The van der Waals surface area contributed by atoms with Gasteiger partial charge in [0.2, 0.25) is 0 Å². The molecule has 0 aromatic heterocycles. The minimum absolute atomic E-state index is 0. The molecule has 0 atom stereocenters. The van der Waals surface area contributed by atoms with Crippen LogP contribution < -0.4 is 17.0 Å². The maximum absolute atomic E-state index is 10.2. The van der Waals surface area contributed by atoms with Gasteiger partial charge in [0, 0.05) is 0 Å². The fourth-order valence-electron chi connectivity index (χ4n) is 1.50. The third-order valence-electron chi connectivity index (χ3n) is 2.38. The Morgan fingerprint density at radius 2 is 1.44 bits per heavy atom. The zero-order chi connectivity index (χ0) is 10.6. The number of carboxylic acid groups (broad SMARTS) is 1. The van der Waals surface area contributed by atoms with Crippen LogP contribution in [0.5, 0.6) is 0 Å². The fraction of sp³-hybridized carbons (Fsp3) is 0.833. The topological polar surface area (TPSA) is 37.3 Å². The summed E-state index contributed by atoms with van der Waals surface area (Å²) in [5.41, 5.74) is 0. The van der Waals surface area contributed by atoms with Crippen LogP contribution in [-0.2, 0) is 4.79 Å². The predicted octanol–water partition coefficient (Wildman–Crippen LogP) is 0.429. The van der Waals surface area contributed by atoms with E-state index in [4.69, 9.17) is 5.11 Å². The molecule has 16 heavy (non-hydrogen) atoms. The first-order valence-electron chi connectivity index (χ1n) is 5.83. The SMILES string of the molecule is CCCCCCCCCC[CH-]C(=O)O.[Br-].[Mg+2]. The van der Waals surface area contributed by atoms with Crippen molar-refractivity contribution in [1.29, 1.82) is 0 Å². The Kier molecular flexibility index (Phi) is 24.5. The van der Waals surface area contributed by atoms with E-state index in [1.54, 1.807) is 0 Å². The van der Waals surface area contributed by atoms with Crippen LogP contribution in [0.4, 0.5) is 0 Å². The average Bonchev–Trinajstić information content (AvgIpc) is 2.15. The minimum atomic E-state index is -0.784. The van der Waals surface area contributed by atoms with Gasteiger partial charge in [-0.25, -0.2) is 0 Å². The summed E-state index contributed by atoms with van der Waals surface area (Å²) in [6.45, 7) is 2.22. The van der Waals surface area contributed by atoms with Gasteiger partial charge in [0.05, 0.1) is 0 Å². The van der Waals surface area contributed by atoms with E-state index in [1.165, 1.54) is 51.4 Å². The summed E-state index contributed by atoms with van der Waals surface area (Å²) in [6.07, 6.45) is 12.2. The molecule has 0 aromatic carbocycles. The van der Waals surface area contributed by atoms with Crippen LogP contribution in [0.25, 0.3) is 0 Å². The second-order valence-corrected chi connectivity index (χ2v) is 3.81. The Morgan fingerprint density at radius 3 is 1.88 bits per heavy atom. The maximum atomic E-state index is 10.2. The molecule has 0 aliphatic rings. The van der Waals surface area contributed by atoms with Crippen molar-refractivity contribution < 1.29 is 26.9 Å². The van der Waals surface area contributed by atoms with Gasteiger partial charge < -0.3 is 22.1 Å². The molecule has 0 aromatic rings. The number of hydrogen-bond acceptors (Lipinski definition) is 1. The van der Waals surface area contributed by atoms with Gasteiger partial charge in [-0.15, -0.1) is 0 Å². The molecule has 0 amide bonds. The summed E-state index contributed by atoms with van der Waals surface area (Å²) < 4.78 is 0. The first-order valence-corrected chi connectivity index (χ1v) is 5.83. The second-order valence-electron chi connectivity index (χ2n) is 3.81. The van der Waals surface area contributed by atoms with Gasteiger partial charge in [0.1, 0.15) is 0 Å². The van der Waals surface area contributed by atoms with Crippen molar-refractivity contribution >= 4 is 29.0 Å². The number of carboxylic acids is 1. The number of rotatable bonds is 10.